The second-order valence-corrected chi connectivity index (χ2v) is 5.30. The van der Waals surface area contributed by atoms with Crippen LogP contribution in [0.25, 0.3) is 22.4 Å². The van der Waals surface area contributed by atoms with Crippen LogP contribution in [0.1, 0.15) is 18.3 Å². The fraction of sp³-hybridized carbons (Fsp3) is 0.250. The summed E-state index contributed by atoms with van der Waals surface area (Å²) in [5.74, 6) is 2.25. The van der Waals surface area contributed by atoms with Gasteiger partial charge in [-0.2, -0.15) is 0 Å². The van der Waals surface area contributed by atoms with Crippen molar-refractivity contribution in [2.24, 2.45) is 0 Å². The Morgan fingerprint density at radius 1 is 1.24 bits per heavy atom. The van der Waals surface area contributed by atoms with Crippen LogP contribution in [-0.2, 0) is 0 Å². The van der Waals surface area contributed by atoms with Crippen LogP contribution in [0, 0.1) is 13.8 Å². The number of aromatic nitrogens is 2. The van der Waals surface area contributed by atoms with Crippen LogP contribution in [0.15, 0.2) is 28.7 Å². The van der Waals surface area contributed by atoms with Gasteiger partial charge in [0.1, 0.15) is 17.3 Å². The summed E-state index contributed by atoms with van der Waals surface area (Å²) in [6.45, 7) is 6.71. The summed E-state index contributed by atoms with van der Waals surface area (Å²) in [6, 6.07) is 7.67. The summed E-state index contributed by atoms with van der Waals surface area (Å²) in [4.78, 5) is 8.95. The molecule has 21 heavy (non-hydrogen) atoms. The number of fused-ring (bicyclic) bond motifs is 1. The normalized spacial score (nSPS) is 11.0. The largest absolute Gasteiger partial charge is 0.453 e. The molecule has 0 spiro atoms. The van der Waals surface area contributed by atoms with Crippen molar-refractivity contribution in [3.63, 3.8) is 0 Å². The minimum absolute atomic E-state index is 0.606. The zero-order valence-corrected chi connectivity index (χ0v) is 13.0. The highest BCUT2D eigenvalue weighted by Gasteiger charge is 2.15. The lowest BCUT2D eigenvalue weighted by Crippen LogP contribution is -2.05. The maximum absolute atomic E-state index is 6.17. The summed E-state index contributed by atoms with van der Waals surface area (Å²) in [6.07, 6.45) is 0. The number of nitrogens with one attached hydrogen (secondary N) is 1. The van der Waals surface area contributed by atoms with Gasteiger partial charge in [-0.3, -0.25) is 0 Å². The molecular formula is C16H16ClN3O. The first-order chi connectivity index (χ1) is 10.1. The maximum atomic E-state index is 6.17. The third-order valence-corrected chi connectivity index (χ3v) is 3.63. The second-order valence-electron chi connectivity index (χ2n) is 4.89. The Morgan fingerprint density at radius 3 is 2.76 bits per heavy atom. The van der Waals surface area contributed by atoms with E-state index >= 15 is 0 Å². The molecule has 0 aliphatic carbocycles. The Hall–Kier alpha value is -2.07. The van der Waals surface area contributed by atoms with Gasteiger partial charge in [-0.1, -0.05) is 23.7 Å². The van der Waals surface area contributed by atoms with Crippen molar-refractivity contribution in [1.29, 1.82) is 0 Å². The van der Waals surface area contributed by atoms with Crippen molar-refractivity contribution in [2.75, 3.05) is 11.9 Å². The Labute approximate surface area is 128 Å². The molecule has 0 aliphatic heterocycles. The van der Waals surface area contributed by atoms with Crippen molar-refractivity contribution in [3.05, 3.63) is 40.7 Å². The highest BCUT2D eigenvalue weighted by molar-refractivity contribution is 6.34. The Balaban J connectivity index is 2.20. The lowest BCUT2D eigenvalue weighted by atomic mass is 10.1. The fourth-order valence-electron chi connectivity index (χ4n) is 2.35. The average Bonchev–Trinajstić information content (AvgIpc) is 2.88. The summed E-state index contributed by atoms with van der Waals surface area (Å²) in [5, 5.41) is 4.83. The van der Waals surface area contributed by atoms with Crippen molar-refractivity contribution < 1.29 is 4.42 Å². The second kappa shape index (κ2) is 5.37. The van der Waals surface area contributed by atoms with Crippen LogP contribution in [0.3, 0.4) is 0 Å². The standard InChI is InChI=1S/C16H16ClN3O/c1-4-18-16-9(2)14(19-10(3)20-16)13-8-11-6-5-7-12(17)15(11)21-13/h5-8H,4H2,1-3H3,(H,18,19,20). The van der Waals surface area contributed by atoms with Gasteiger partial charge in [0.15, 0.2) is 11.3 Å². The van der Waals surface area contributed by atoms with Crippen molar-refractivity contribution >= 4 is 28.4 Å². The van der Waals surface area contributed by atoms with Gasteiger partial charge in [0.05, 0.1) is 5.02 Å². The molecular weight excluding hydrogens is 286 g/mol. The number of hydrogen-bond donors (Lipinski definition) is 1. The van der Waals surface area contributed by atoms with Crippen molar-refractivity contribution in [1.82, 2.24) is 9.97 Å². The van der Waals surface area contributed by atoms with Crippen LogP contribution in [0.5, 0.6) is 0 Å². The monoisotopic (exact) mass is 301 g/mol. The average molecular weight is 302 g/mol. The predicted molar refractivity (Wildman–Crippen MR) is 85.9 cm³/mol. The molecule has 0 aliphatic rings. The van der Waals surface area contributed by atoms with Gasteiger partial charge >= 0.3 is 0 Å². The smallest absolute Gasteiger partial charge is 0.154 e. The first-order valence-electron chi connectivity index (χ1n) is 6.87. The van der Waals surface area contributed by atoms with Gasteiger partial charge in [0.25, 0.3) is 0 Å². The first kappa shape index (κ1) is 13.9. The van der Waals surface area contributed by atoms with Crippen LogP contribution < -0.4 is 5.32 Å². The van der Waals surface area contributed by atoms with E-state index < -0.39 is 0 Å². The quantitative estimate of drug-likeness (QED) is 0.768. The Bertz CT molecular complexity index is 811. The zero-order chi connectivity index (χ0) is 15.0. The molecule has 0 radical (unpaired) electrons. The molecule has 3 rings (SSSR count). The van der Waals surface area contributed by atoms with E-state index in [2.05, 4.69) is 15.3 Å². The van der Waals surface area contributed by atoms with E-state index in [-0.39, 0.29) is 0 Å². The number of anilines is 1. The summed E-state index contributed by atoms with van der Waals surface area (Å²) in [7, 11) is 0. The van der Waals surface area contributed by atoms with E-state index in [1.165, 1.54) is 0 Å². The SMILES string of the molecule is CCNc1nc(C)nc(-c2cc3cccc(Cl)c3o2)c1C. The van der Waals surface area contributed by atoms with E-state index in [1.54, 1.807) is 0 Å². The Kier molecular flexibility index (Phi) is 3.55. The summed E-state index contributed by atoms with van der Waals surface area (Å²) >= 11 is 6.17. The lowest BCUT2D eigenvalue weighted by Gasteiger charge is -2.10. The number of halogens is 1. The van der Waals surface area contributed by atoms with E-state index in [4.69, 9.17) is 16.0 Å². The molecule has 3 aromatic rings. The van der Waals surface area contributed by atoms with Gasteiger partial charge in [-0.05, 0) is 32.9 Å². The first-order valence-corrected chi connectivity index (χ1v) is 7.25. The van der Waals surface area contributed by atoms with Crippen LogP contribution in [-0.4, -0.2) is 16.5 Å². The van der Waals surface area contributed by atoms with E-state index in [0.29, 0.717) is 22.2 Å². The Morgan fingerprint density at radius 2 is 2.05 bits per heavy atom. The highest BCUT2D eigenvalue weighted by atomic mass is 35.5. The number of rotatable bonds is 3. The number of benzene rings is 1. The molecule has 0 bridgehead atoms. The van der Waals surface area contributed by atoms with Crippen LogP contribution >= 0.6 is 11.6 Å². The van der Waals surface area contributed by atoms with Gasteiger partial charge in [-0.15, -0.1) is 0 Å². The van der Waals surface area contributed by atoms with Crippen LogP contribution in [0.2, 0.25) is 5.02 Å². The fourth-order valence-corrected chi connectivity index (χ4v) is 2.57. The number of nitrogens with zero attached hydrogens (tertiary/aromatic N) is 2. The molecule has 0 unspecified atom stereocenters. The minimum Gasteiger partial charge on any atom is -0.453 e. The van der Waals surface area contributed by atoms with Gasteiger partial charge in [-0.25, -0.2) is 9.97 Å². The maximum Gasteiger partial charge on any atom is 0.154 e. The number of para-hydroxylation sites is 1. The van der Waals surface area contributed by atoms with E-state index in [1.807, 2.05) is 45.0 Å². The summed E-state index contributed by atoms with van der Waals surface area (Å²) < 4.78 is 5.90. The molecule has 0 amide bonds. The summed E-state index contributed by atoms with van der Waals surface area (Å²) in [5.41, 5.74) is 2.46. The molecule has 0 atom stereocenters. The molecule has 4 nitrogen and oxygen atoms in total. The topological polar surface area (TPSA) is 51.0 Å². The number of aryl methyl sites for hydroxylation is 1. The third-order valence-electron chi connectivity index (χ3n) is 3.33. The van der Waals surface area contributed by atoms with Gasteiger partial charge in [0, 0.05) is 17.5 Å². The van der Waals surface area contributed by atoms with E-state index in [9.17, 15) is 0 Å². The van der Waals surface area contributed by atoms with E-state index in [0.717, 1.165) is 29.0 Å². The minimum atomic E-state index is 0.606. The molecule has 1 aromatic carbocycles. The molecule has 0 saturated carbocycles. The number of hydrogen-bond acceptors (Lipinski definition) is 4. The molecule has 2 heterocycles. The molecule has 0 saturated heterocycles. The molecule has 108 valence electrons. The van der Waals surface area contributed by atoms with Crippen molar-refractivity contribution in [3.8, 4) is 11.5 Å². The van der Waals surface area contributed by atoms with Gasteiger partial charge < -0.3 is 9.73 Å². The molecule has 2 aromatic heterocycles. The lowest BCUT2D eigenvalue weighted by molar-refractivity contribution is 0.627. The molecule has 0 fully saturated rings. The zero-order valence-electron chi connectivity index (χ0n) is 12.2. The van der Waals surface area contributed by atoms with Crippen molar-refractivity contribution in [2.45, 2.75) is 20.8 Å². The predicted octanol–water partition coefficient (Wildman–Crippen LogP) is 4.59. The number of furan rings is 1. The third kappa shape index (κ3) is 2.47. The highest BCUT2D eigenvalue weighted by Crippen LogP contribution is 2.33. The molecule has 1 N–H and O–H groups in total. The van der Waals surface area contributed by atoms with Crippen LogP contribution in [0.4, 0.5) is 5.82 Å². The van der Waals surface area contributed by atoms with Gasteiger partial charge in [0.2, 0.25) is 0 Å². The molecule has 5 heteroatoms.